The smallest absolute Gasteiger partial charge is 0.323 e. The lowest BCUT2D eigenvalue weighted by molar-refractivity contribution is 0.262. The van der Waals surface area contributed by atoms with E-state index in [1.54, 1.807) is 0 Å². The third-order valence-electron chi connectivity index (χ3n) is 3.58. The van der Waals surface area contributed by atoms with Gasteiger partial charge >= 0.3 is 6.03 Å². The van der Waals surface area contributed by atoms with Gasteiger partial charge < -0.3 is 19.9 Å². The Kier molecular flexibility index (Phi) is 4.19. The third kappa shape index (κ3) is 3.13. The zero-order valence-electron chi connectivity index (χ0n) is 13.2. The quantitative estimate of drug-likeness (QED) is 0.758. The van der Waals surface area contributed by atoms with E-state index in [1.165, 1.54) is 0 Å². The van der Waals surface area contributed by atoms with Crippen molar-refractivity contribution in [2.24, 2.45) is 7.05 Å². The van der Waals surface area contributed by atoms with Crippen LogP contribution in [-0.2, 0) is 7.05 Å². The molecule has 5 nitrogen and oxygen atoms in total. The van der Waals surface area contributed by atoms with Crippen molar-refractivity contribution in [1.29, 1.82) is 0 Å². The average Bonchev–Trinajstić information content (AvgIpc) is 2.86. The number of hydrogen-bond acceptors (Lipinski definition) is 2. The molecule has 1 heterocycles. The van der Waals surface area contributed by atoms with Crippen molar-refractivity contribution < 1.29 is 9.53 Å². The first-order valence-electron chi connectivity index (χ1n) is 7.53. The number of amides is 2. The summed E-state index contributed by atoms with van der Waals surface area (Å²) < 4.78 is 7.50. The molecule has 0 fully saturated rings. The minimum Gasteiger partial charge on any atom is -0.492 e. The zero-order valence-corrected chi connectivity index (χ0v) is 13.2. The van der Waals surface area contributed by atoms with Gasteiger partial charge in [-0.3, -0.25) is 0 Å². The fraction of sp³-hybridized carbons (Fsp3) is 0.167. The molecular weight excluding hydrogens is 290 g/mol. The maximum atomic E-state index is 12.3. The zero-order chi connectivity index (χ0) is 16.2. The Bertz CT molecular complexity index is 839. The van der Waals surface area contributed by atoms with Crippen LogP contribution in [0.3, 0.4) is 0 Å². The molecule has 2 amide bonds. The SMILES string of the molecule is CCOc1ccccc1NC(=O)Nc1cn(C)c2ccccc12. The summed E-state index contributed by atoms with van der Waals surface area (Å²) in [7, 11) is 1.95. The number of aryl methyl sites for hydroxylation is 1. The highest BCUT2D eigenvalue weighted by Crippen LogP contribution is 2.26. The van der Waals surface area contributed by atoms with Gasteiger partial charge in [0.2, 0.25) is 0 Å². The van der Waals surface area contributed by atoms with Crippen LogP contribution in [0, 0.1) is 0 Å². The molecule has 2 N–H and O–H groups in total. The van der Waals surface area contributed by atoms with Gasteiger partial charge in [-0.1, -0.05) is 30.3 Å². The molecule has 3 aromatic rings. The molecule has 0 saturated heterocycles. The maximum Gasteiger partial charge on any atom is 0.323 e. The summed E-state index contributed by atoms with van der Waals surface area (Å²) in [6.07, 6.45) is 1.90. The van der Waals surface area contributed by atoms with Crippen LogP contribution in [0.15, 0.2) is 54.7 Å². The van der Waals surface area contributed by atoms with Crippen molar-refractivity contribution in [1.82, 2.24) is 4.57 Å². The molecule has 0 aliphatic rings. The highest BCUT2D eigenvalue weighted by molar-refractivity contribution is 6.06. The molecule has 3 rings (SSSR count). The number of anilines is 2. The Labute approximate surface area is 134 Å². The van der Waals surface area contributed by atoms with E-state index in [4.69, 9.17) is 4.74 Å². The lowest BCUT2D eigenvalue weighted by Gasteiger charge is -2.11. The number of fused-ring (bicyclic) bond motifs is 1. The van der Waals surface area contributed by atoms with Gasteiger partial charge in [0.15, 0.2) is 0 Å². The van der Waals surface area contributed by atoms with Crippen LogP contribution < -0.4 is 15.4 Å². The van der Waals surface area contributed by atoms with E-state index in [-0.39, 0.29) is 6.03 Å². The van der Waals surface area contributed by atoms with Gasteiger partial charge in [0, 0.05) is 24.1 Å². The molecule has 1 aromatic heterocycles. The lowest BCUT2D eigenvalue weighted by Crippen LogP contribution is -2.19. The number of carbonyl (C=O) groups excluding carboxylic acids is 1. The van der Waals surface area contributed by atoms with Crippen molar-refractivity contribution >= 4 is 28.3 Å². The van der Waals surface area contributed by atoms with Gasteiger partial charge in [-0.15, -0.1) is 0 Å². The molecule has 0 radical (unpaired) electrons. The number of carbonyl (C=O) groups is 1. The number of benzene rings is 2. The fourth-order valence-corrected chi connectivity index (χ4v) is 2.57. The molecule has 118 valence electrons. The van der Waals surface area contributed by atoms with Crippen LogP contribution in [0.4, 0.5) is 16.2 Å². The summed E-state index contributed by atoms with van der Waals surface area (Å²) in [5.74, 6) is 0.656. The number of rotatable bonds is 4. The number of nitrogens with zero attached hydrogens (tertiary/aromatic N) is 1. The van der Waals surface area contributed by atoms with Crippen molar-refractivity contribution in [2.45, 2.75) is 6.92 Å². The largest absolute Gasteiger partial charge is 0.492 e. The van der Waals surface area contributed by atoms with Crippen molar-refractivity contribution in [3.63, 3.8) is 0 Å². The molecule has 5 heteroatoms. The van der Waals surface area contributed by atoms with Gasteiger partial charge in [-0.05, 0) is 25.1 Å². The van der Waals surface area contributed by atoms with E-state index in [1.807, 2.05) is 73.3 Å². The van der Waals surface area contributed by atoms with Gasteiger partial charge in [0.05, 0.1) is 18.0 Å². The Hall–Kier alpha value is -2.95. The topological polar surface area (TPSA) is 55.3 Å². The van der Waals surface area contributed by atoms with E-state index >= 15 is 0 Å². The number of para-hydroxylation sites is 3. The van der Waals surface area contributed by atoms with Crippen LogP contribution in [0.25, 0.3) is 10.9 Å². The summed E-state index contributed by atoms with van der Waals surface area (Å²) in [4.78, 5) is 12.3. The molecule has 0 unspecified atom stereocenters. The van der Waals surface area contributed by atoms with Crippen LogP contribution in [0.5, 0.6) is 5.75 Å². The minimum atomic E-state index is -0.298. The normalized spacial score (nSPS) is 10.5. The Balaban J connectivity index is 1.79. The second kappa shape index (κ2) is 6.44. The summed E-state index contributed by atoms with van der Waals surface area (Å²) in [5.41, 5.74) is 2.49. The van der Waals surface area contributed by atoms with Gasteiger partial charge in [0.1, 0.15) is 5.75 Å². The van der Waals surface area contributed by atoms with Crippen LogP contribution in [-0.4, -0.2) is 17.2 Å². The van der Waals surface area contributed by atoms with Gasteiger partial charge in [-0.25, -0.2) is 4.79 Å². The molecule has 0 atom stereocenters. The minimum absolute atomic E-state index is 0.298. The molecule has 2 aromatic carbocycles. The molecular formula is C18H19N3O2. The summed E-state index contributed by atoms with van der Waals surface area (Å²) >= 11 is 0. The molecule has 0 aliphatic heterocycles. The summed E-state index contributed by atoms with van der Waals surface area (Å²) in [6.45, 7) is 2.45. The second-order valence-corrected chi connectivity index (χ2v) is 5.18. The standard InChI is InChI=1S/C18H19N3O2/c1-3-23-17-11-7-5-9-14(17)19-18(22)20-15-12-21(2)16-10-6-4-8-13(15)16/h4-12H,3H2,1-2H3,(H2,19,20,22). The van der Waals surface area contributed by atoms with E-state index in [2.05, 4.69) is 10.6 Å². The van der Waals surface area contributed by atoms with E-state index < -0.39 is 0 Å². The second-order valence-electron chi connectivity index (χ2n) is 5.18. The number of aromatic nitrogens is 1. The average molecular weight is 309 g/mol. The number of hydrogen-bond donors (Lipinski definition) is 2. The molecule has 0 spiro atoms. The Morgan fingerprint density at radius 1 is 1.04 bits per heavy atom. The fourth-order valence-electron chi connectivity index (χ4n) is 2.57. The molecule has 0 bridgehead atoms. The number of urea groups is 1. The Morgan fingerprint density at radius 3 is 2.57 bits per heavy atom. The first kappa shape index (κ1) is 15.0. The number of ether oxygens (including phenoxy) is 1. The number of nitrogens with one attached hydrogen (secondary N) is 2. The third-order valence-corrected chi connectivity index (χ3v) is 3.58. The van der Waals surface area contributed by atoms with E-state index in [9.17, 15) is 4.79 Å². The first-order valence-corrected chi connectivity index (χ1v) is 7.53. The highest BCUT2D eigenvalue weighted by atomic mass is 16.5. The van der Waals surface area contributed by atoms with Gasteiger partial charge in [0.25, 0.3) is 0 Å². The van der Waals surface area contributed by atoms with Crippen LogP contribution in [0.1, 0.15) is 6.92 Å². The van der Waals surface area contributed by atoms with Crippen molar-refractivity contribution in [3.05, 3.63) is 54.7 Å². The highest BCUT2D eigenvalue weighted by Gasteiger charge is 2.11. The van der Waals surface area contributed by atoms with Crippen molar-refractivity contribution in [2.75, 3.05) is 17.2 Å². The molecule has 0 saturated carbocycles. The summed E-state index contributed by atoms with van der Waals surface area (Å²) in [6, 6.07) is 15.0. The first-order chi connectivity index (χ1) is 11.2. The maximum absolute atomic E-state index is 12.3. The van der Waals surface area contributed by atoms with E-state index in [0.29, 0.717) is 18.0 Å². The monoisotopic (exact) mass is 309 g/mol. The van der Waals surface area contributed by atoms with Crippen LogP contribution in [0.2, 0.25) is 0 Å². The van der Waals surface area contributed by atoms with Crippen LogP contribution >= 0.6 is 0 Å². The van der Waals surface area contributed by atoms with Crippen molar-refractivity contribution in [3.8, 4) is 5.75 Å². The van der Waals surface area contributed by atoms with Gasteiger partial charge in [-0.2, -0.15) is 0 Å². The predicted molar refractivity (Wildman–Crippen MR) is 93.2 cm³/mol. The van der Waals surface area contributed by atoms with E-state index in [0.717, 1.165) is 16.6 Å². The predicted octanol–water partition coefficient (Wildman–Crippen LogP) is 4.22. The lowest BCUT2D eigenvalue weighted by atomic mass is 10.2. The Morgan fingerprint density at radius 2 is 1.74 bits per heavy atom. The summed E-state index contributed by atoms with van der Waals surface area (Å²) in [5, 5.41) is 6.73. The molecule has 23 heavy (non-hydrogen) atoms. The molecule has 0 aliphatic carbocycles.